The lowest BCUT2D eigenvalue weighted by Crippen LogP contribution is -2.41. The van der Waals surface area contributed by atoms with Gasteiger partial charge in [0.2, 0.25) is 5.91 Å². The van der Waals surface area contributed by atoms with Crippen molar-refractivity contribution >= 4 is 5.91 Å². The molecule has 1 rings (SSSR count). The van der Waals surface area contributed by atoms with Crippen LogP contribution in [-0.4, -0.2) is 25.0 Å². The molecule has 0 saturated carbocycles. The van der Waals surface area contributed by atoms with E-state index >= 15 is 0 Å². The van der Waals surface area contributed by atoms with Gasteiger partial charge in [0.25, 0.3) is 0 Å². The molecule has 2 unspecified atom stereocenters. The zero-order valence-corrected chi connectivity index (χ0v) is 9.47. The summed E-state index contributed by atoms with van der Waals surface area (Å²) >= 11 is 0. The fourth-order valence-corrected chi connectivity index (χ4v) is 1.87. The van der Waals surface area contributed by atoms with Crippen LogP contribution in [0.5, 0.6) is 0 Å². The zero-order valence-electron chi connectivity index (χ0n) is 9.47. The first kappa shape index (κ1) is 11.5. The van der Waals surface area contributed by atoms with Crippen LogP contribution >= 0.6 is 0 Å². The van der Waals surface area contributed by atoms with Gasteiger partial charge in [-0.05, 0) is 32.2 Å². The van der Waals surface area contributed by atoms with Crippen LogP contribution in [0.2, 0.25) is 0 Å². The van der Waals surface area contributed by atoms with Crippen LogP contribution in [0, 0.1) is 11.8 Å². The van der Waals surface area contributed by atoms with Gasteiger partial charge in [0, 0.05) is 18.5 Å². The fourth-order valence-electron chi connectivity index (χ4n) is 1.87. The predicted octanol–water partition coefficient (Wildman–Crippen LogP) is 1.15. The summed E-state index contributed by atoms with van der Waals surface area (Å²) in [5, 5.41) is 6.42. The van der Waals surface area contributed by atoms with Crippen LogP contribution in [-0.2, 0) is 4.79 Å². The summed E-state index contributed by atoms with van der Waals surface area (Å²) in [5.41, 5.74) is 0. The summed E-state index contributed by atoms with van der Waals surface area (Å²) in [5.74, 6) is 0.944. The third-order valence-corrected chi connectivity index (χ3v) is 2.82. The highest BCUT2D eigenvalue weighted by Crippen LogP contribution is 2.14. The lowest BCUT2D eigenvalue weighted by atomic mass is 9.93. The van der Waals surface area contributed by atoms with Crippen LogP contribution in [0.25, 0.3) is 0 Å². The molecule has 0 aromatic rings. The molecule has 1 heterocycles. The smallest absolute Gasteiger partial charge is 0.222 e. The molecule has 1 fully saturated rings. The van der Waals surface area contributed by atoms with Gasteiger partial charge in [-0.25, -0.2) is 0 Å². The normalized spacial score (nSPS) is 27.7. The molecule has 0 aliphatic carbocycles. The third-order valence-electron chi connectivity index (χ3n) is 2.82. The van der Waals surface area contributed by atoms with Gasteiger partial charge in [0.15, 0.2) is 0 Å². The lowest BCUT2D eigenvalue weighted by molar-refractivity contribution is -0.124. The monoisotopic (exact) mass is 198 g/mol. The van der Waals surface area contributed by atoms with Crippen molar-refractivity contribution in [2.45, 2.75) is 39.7 Å². The van der Waals surface area contributed by atoms with E-state index in [1.807, 2.05) is 13.8 Å². The van der Waals surface area contributed by atoms with E-state index in [1.54, 1.807) is 0 Å². The molecule has 0 bridgehead atoms. The van der Waals surface area contributed by atoms with E-state index in [1.165, 1.54) is 12.8 Å². The highest BCUT2D eigenvalue weighted by molar-refractivity contribution is 5.77. The first-order valence-electron chi connectivity index (χ1n) is 5.60. The van der Waals surface area contributed by atoms with Gasteiger partial charge >= 0.3 is 0 Å². The maximum Gasteiger partial charge on any atom is 0.222 e. The fraction of sp³-hybridized carbons (Fsp3) is 0.909. The molecular weight excluding hydrogens is 176 g/mol. The van der Waals surface area contributed by atoms with Gasteiger partial charge in [0.1, 0.15) is 0 Å². The average molecular weight is 198 g/mol. The van der Waals surface area contributed by atoms with Crippen molar-refractivity contribution in [1.29, 1.82) is 0 Å². The molecule has 0 aromatic carbocycles. The SMILES string of the molecule is CC1CC(CNC(=O)C(C)C)CCN1. The minimum absolute atomic E-state index is 0.106. The molecule has 1 aliphatic rings. The van der Waals surface area contributed by atoms with E-state index in [4.69, 9.17) is 0 Å². The summed E-state index contributed by atoms with van der Waals surface area (Å²) in [7, 11) is 0. The second kappa shape index (κ2) is 5.35. The molecule has 82 valence electrons. The molecule has 1 amide bonds. The molecule has 3 heteroatoms. The Morgan fingerprint density at radius 2 is 2.29 bits per heavy atom. The van der Waals surface area contributed by atoms with Gasteiger partial charge in [-0.1, -0.05) is 13.8 Å². The van der Waals surface area contributed by atoms with Gasteiger partial charge in [0.05, 0.1) is 0 Å². The number of rotatable bonds is 3. The number of nitrogens with one attached hydrogen (secondary N) is 2. The second-order valence-electron chi connectivity index (χ2n) is 4.65. The molecule has 2 atom stereocenters. The van der Waals surface area contributed by atoms with Crippen molar-refractivity contribution in [3.8, 4) is 0 Å². The van der Waals surface area contributed by atoms with Crippen LogP contribution in [0.4, 0.5) is 0 Å². The first-order chi connectivity index (χ1) is 6.59. The summed E-state index contributed by atoms with van der Waals surface area (Å²) in [6.45, 7) is 8.00. The highest BCUT2D eigenvalue weighted by atomic mass is 16.1. The largest absolute Gasteiger partial charge is 0.356 e. The van der Waals surface area contributed by atoms with E-state index < -0.39 is 0 Å². The number of carbonyl (C=O) groups excluding carboxylic acids is 1. The van der Waals surface area contributed by atoms with Gasteiger partial charge in [-0.3, -0.25) is 4.79 Å². The average Bonchev–Trinajstić information content (AvgIpc) is 2.14. The molecular formula is C11H22N2O. The molecule has 0 spiro atoms. The number of carbonyl (C=O) groups is 1. The number of hydrogen-bond acceptors (Lipinski definition) is 2. The van der Waals surface area contributed by atoms with Crippen LogP contribution in [0.15, 0.2) is 0 Å². The van der Waals surface area contributed by atoms with Crippen molar-refractivity contribution in [2.75, 3.05) is 13.1 Å². The Labute approximate surface area is 86.6 Å². The lowest BCUT2D eigenvalue weighted by Gasteiger charge is -2.28. The van der Waals surface area contributed by atoms with Crippen molar-refractivity contribution < 1.29 is 4.79 Å². The van der Waals surface area contributed by atoms with Gasteiger partial charge in [-0.2, -0.15) is 0 Å². The molecule has 2 N–H and O–H groups in total. The van der Waals surface area contributed by atoms with Crippen LogP contribution in [0.1, 0.15) is 33.6 Å². The Morgan fingerprint density at radius 1 is 1.57 bits per heavy atom. The molecule has 1 aliphatic heterocycles. The highest BCUT2D eigenvalue weighted by Gasteiger charge is 2.18. The summed E-state index contributed by atoms with van der Waals surface area (Å²) in [6, 6.07) is 0.602. The molecule has 0 aromatic heterocycles. The molecule has 0 radical (unpaired) electrons. The van der Waals surface area contributed by atoms with E-state index in [0.29, 0.717) is 12.0 Å². The van der Waals surface area contributed by atoms with Crippen molar-refractivity contribution in [3.05, 3.63) is 0 Å². The maximum atomic E-state index is 11.3. The number of piperidine rings is 1. The topological polar surface area (TPSA) is 41.1 Å². The van der Waals surface area contributed by atoms with E-state index in [2.05, 4.69) is 17.6 Å². The third kappa shape index (κ3) is 3.66. The predicted molar refractivity (Wildman–Crippen MR) is 58.0 cm³/mol. The second-order valence-corrected chi connectivity index (χ2v) is 4.65. The molecule has 1 saturated heterocycles. The maximum absolute atomic E-state index is 11.3. The van der Waals surface area contributed by atoms with E-state index in [0.717, 1.165) is 13.1 Å². The van der Waals surface area contributed by atoms with Gasteiger partial charge < -0.3 is 10.6 Å². The van der Waals surface area contributed by atoms with E-state index in [9.17, 15) is 4.79 Å². The molecule has 14 heavy (non-hydrogen) atoms. The number of hydrogen-bond donors (Lipinski definition) is 2. The number of amides is 1. The summed E-state index contributed by atoms with van der Waals surface area (Å²) in [6.07, 6.45) is 2.36. The van der Waals surface area contributed by atoms with Crippen molar-refractivity contribution in [2.24, 2.45) is 11.8 Å². The quantitative estimate of drug-likeness (QED) is 0.714. The zero-order chi connectivity index (χ0) is 10.6. The Bertz CT molecular complexity index is 192. The molecule has 3 nitrogen and oxygen atoms in total. The van der Waals surface area contributed by atoms with Crippen LogP contribution in [0.3, 0.4) is 0 Å². The van der Waals surface area contributed by atoms with Crippen molar-refractivity contribution in [1.82, 2.24) is 10.6 Å². The Hall–Kier alpha value is -0.570. The Morgan fingerprint density at radius 3 is 2.86 bits per heavy atom. The summed E-state index contributed by atoms with van der Waals surface area (Å²) in [4.78, 5) is 11.3. The summed E-state index contributed by atoms with van der Waals surface area (Å²) < 4.78 is 0. The minimum Gasteiger partial charge on any atom is -0.356 e. The first-order valence-corrected chi connectivity index (χ1v) is 5.60. The van der Waals surface area contributed by atoms with Crippen molar-refractivity contribution in [3.63, 3.8) is 0 Å². The van der Waals surface area contributed by atoms with Crippen LogP contribution < -0.4 is 10.6 Å². The Balaban J connectivity index is 2.20. The standard InChI is InChI=1S/C11H22N2O/c1-8(2)11(14)13-7-10-4-5-12-9(3)6-10/h8-10,12H,4-7H2,1-3H3,(H,13,14). The van der Waals surface area contributed by atoms with Gasteiger partial charge in [-0.15, -0.1) is 0 Å². The Kier molecular flexibility index (Phi) is 4.39. The minimum atomic E-state index is 0.106. The van der Waals surface area contributed by atoms with E-state index in [-0.39, 0.29) is 11.8 Å².